The Balaban J connectivity index is 1.89. The molecule has 6 heteroatoms. The van der Waals surface area contributed by atoms with E-state index in [1.54, 1.807) is 11.3 Å². The predicted molar refractivity (Wildman–Crippen MR) is 65.4 cm³/mol. The van der Waals surface area contributed by atoms with Crippen LogP contribution in [-0.4, -0.2) is 30.9 Å². The van der Waals surface area contributed by atoms with Crippen LogP contribution in [0.25, 0.3) is 0 Å². The monoisotopic (exact) mass is 260 g/mol. The number of hydrogen-bond donors (Lipinski definition) is 1. The van der Waals surface area contributed by atoms with E-state index in [-0.39, 0.29) is 11.8 Å². The number of rotatable bonds is 3. The largest absolute Gasteiger partial charge is 0.308 e. The van der Waals surface area contributed by atoms with Gasteiger partial charge in [-0.1, -0.05) is 0 Å². The summed E-state index contributed by atoms with van der Waals surface area (Å²) in [5.41, 5.74) is 2.86. The summed E-state index contributed by atoms with van der Waals surface area (Å²) in [5.74, 6) is 0.635. The normalized spacial score (nSPS) is 24.4. The number of aryl methyl sites for hydroxylation is 1. The average Bonchev–Trinajstić information content (AvgIpc) is 2.60. The molecule has 2 rings (SSSR count). The van der Waals surface area contributed by atoms with E-state index < -0.39 is 9.84 Å². The summed E-state index contributed by atoms with van der Waals surface area (Å²) in [5, 5.41) is 3.31. The van der Waals surface area contributed by atoms with Gasteiger partial charge in [0.2, 0.25) is 0 Å². The molecule has 0 radical (unpaired) electrons. The summed E-state index contributed by atoms with van der Waals surface area (Å²) < 4.78 is 22.9. The fraction of sp³-hybridized carbons (Fsp3) is 0.700. The Labute approximate surface area is 100 Å². The predicted octanol–water partition coefficient (Wildman–Crippen LogP) is 1.12. The van der Waals surface area contributed by atoms with Crippen molar-refractivity contribution < 1.29 is 8.42 Å². The first-order chi connectivity index (χ1) is 7.57. The van der Waals surface area contributed by atoms with Crippen LogP contribution in [0.2, 0.25) is 0 Å². The first kappa shape index (κ1) is 12.0. The van der Waals surface area contributed by atoms with Crippen molar-refractivity contribution in [1.29, 1.82) is 0 Å². The average molecular weight is 260 g/mol. The van der Waals surface area contributed by atoms with E-state index >= 15 is 0 Å². The second kappa shape index (κ2) is 4.81. The van der Waals surface area contributed by atoms with Gasteiger partial charge in [0.25, 0.3) is 0 Å². The van der Waals surface area contributed by atoms with Gasteiger partial charge >= 0.3 is 0 Å². The maximum absolute atomic E-state index is 11.4. The lowest BCUT2D eigenvalue weighted by Gasteiger charge is -2.22. The van der Waals surface area contributed by atoms with E-state index in [0.717, 1.165) is 25.1 Å². The standard InChI is InChI=1S/C10H16N2O2S2/c1-8-10(15-7-12-8)5-11-9-3-2-4-16(13,14)6-9/h7,9,11H,2-6H2,1H3. The molecule has 1 aromatic rings. The summed E-state index contributed by atoms with van der Waals surface area (Å²) >= 11 is 1.61. The van der Waals surface area contributed by atoms with Gasteiger partial charge in [0.05, 0.1) is 22.7 Å². The van der Waals surface area contributed by atoms with Crippen molar-refractivity contribution in [3.05, 3.63) is 16.1 Å². The van der Waals surface area contributed by atoms with Gasteiger partial charge in [0.1, 0.15) is 0 Å². The third-order valence-electron chi connectivity index (χ3n) is 2.86. The molecule has 90 valence electrons. The Morgan fingerprint density at radius 1 is 1.62 bits per heavy atom. The Hall–Kier alpha value is -0.460. The van der Waals surface area contributed by atoms with E-state index in [2.05, 4.69) is 10.3 Å². The molecular weight excluding hydrogens is 244 g/mol. The van der Waals surface area contributed by atoms with E-state index in [0.29, 0.717) is 5.75 Å². The first-order valence-electron chi connectivity index (χ1n) is 5.39. The molecule has 1 aliphatic heterocycles. The molecule has 1 atom stereocenters. The summed E-state index contributed by atoms with van der Waals surface area (Å²) in [6, 6.07) is 0.111. The maximum Gasteiger partial charge on any atom is 0.151 e. The fourth-order valence-corrected chi connectivity index (χ4v) is 4.32. The molecule has 1 N–H and O–H groups in total. The van der Waals surface area contributed by atoms with E-state index in [1.807, 2.05) is 12.4 Å². The van der Waals surface area contributed by atoms with Crippen LogP contribution in [0.3, 0.4) is 0 Å². The van der Waals surface area contributed by atoms with Crippen LogP contribution in [0.15, 0.2) is 5.51 Å². The number of nitrogens with one attached hydrogen (secondary N) is 1. The maximum atomic E-state index is 11.4. The van der Waals surface area contributed by atoms with Crippen LogP contribution in [-0.2, 0) is 16.4 Å². The van der Waals surface area contributed by atoms with Gasteiger partial charge < -0.3 is 5.32 Å². The molecule has 1 aliphatic rings. The number of hydrogen-bond acceptors (Lipinski definition) is 5. The number of sulfone groups is 1. The number of nitrogens with zero attached hydrogens (tertiary/aromatic N) is 1. The van der Waals surface area contributed by atoms with Gasteiger partial charge in [-0.25, -0.2) is 13.4 Å². The Kier molecular flexibility index (Phi) is 3.61. The smallest absolute Gasteiger partial charge is 0.151 e. The van der Waals surface area contributed by atoms with Crippen molar-refractivity contribution in [3.63, 3.8) is 0 Å². The zero-order valence-corrected chi connectivity index (χ0v) is 10.9. The number of aromatic nitrogens is 1. The van der Waals surface area contributed by atoms with Crippen LogP contribution < -0.4 is 5.32 Å². The molecule has 2 heterocycles. The molecule has 1 unspecified atom stereocenters. The van der Waals surface area contributed by atoms with E-state index in [1.165, 1.54) is 4.88 Å². The summed E-state index contributed by atoms with van der Waals surface area (Å²) in [4.78, 5) is 5.37. The summed E-state index contributed by atoms with van der Waals surface area (Å²) in [6.45, 7) is 2.71. The summed E-state index contributed by atoms with van der Waals surface area (Å²) in [7, 11) is -2.81. The lowest BCUT2D eigenvalue weighted by atomic mass is 10.2. The van der Waals surface area contributed by atoms with E-state index in [9.17, 15) is 8.42 Å². The van der Waals surface area contributed by atoms with Crippen LogP contribution in [0.4, 0.5) is 0 Å². The highest BCUT2D eigenvalue weighted by Gasteiger charge is 2.24. The Morgan fingerprint density at radius 3 is 3.06 bits per heavy atom. The molecule has 0 aromatic carbocycles. The molecule has 1 fully saturated rings. The van der Waals surface area contributed by atoms with E-state index in [4.69, 9.17) is 0 Å². The molecule has 16 heavy (non-hydrogen) atoms. The lowest BCUT2D eigenvalue weighted by Crippen LogP contribution is -2.39. The van der Waals surface area contributed by atoms with Crippen molar-refractivity contribution in [2.24, 2.45) is 0 Å². The molecular formula is C10H16N2O2S2. The highest BCUT2D eigenvalue weighted by molar-refractivity contribution is 7.91. The van der Waals surface area contributed by atoms with Gasteiger partial charge in [0.15, 0.2) is 9.84 Å². The summed E-state index contributed by atoms with van der Waals surface area (Å²) in [6.07, 6.45) is 1.73. The van der Waals surface area contributed by atoms with Gasteiger partial charge in [-0.05, 0) is 19.8 Å². The van der Waals surface area contributed by atoms with Crippen molar-refractivity contribution in [3.8, 4) is 0 Å². The lowest BCUT2D eigenvalue weighted by molar-refractivity contribution is 0.481. The van der Waals surface area contributed by atoms with Crippen LogP contribution in [0.1, 0.15) is 23.4 Å². The Morgan fingerprint density at radius 2 is 2.44 bits per heavy atom. The number of thiazole rings is 1. The van der Waals surface area contributed by atoms with Gasteiger partial charge in [0, 0.05) is 17.5 Å². The Bertz CT molecular complexity index is 453. The van der Waals surface area contributed by atoms with Crippen molar-refractivity contribution in [1.82, 2.24) is 10.3 Å². The third-order valence-corrected chi connectivity index (χ3v) is 5.62. The SMILES string of the molecule is Cc1ncsc1CNC1CCCS(=O)(=O)C1. The zero-order chi connectivity index (χ0) is 11.6. The molecule has 1 saturated heterocycles. The van der Waals surface area contributed by atoms with Gasteiger partial charge in [-0.15, -0.1) is 11.3 Å². The quantitative estimate of drug-likeness (QED) is 0.884. The second-order valence-corrected chi connectivity index (χ2v) is 7.36. The molecule has 0 aliphatic carbocycles. The zero-order valence-electron chi connectivity index (χ0n) is 9.27. The molecule has 1 aromatic heterocycles. The van der Waals surface area contributed by atoms with Crippen LogP contribution in [0.5, 0.6) is 0 Å². The second-order valence-electron chi connectivity index (χ2n) is 4.20. The molecule has 0 bridgehead atoms. The highest BCUT2D eigenvalue weighted by atomic mass is 32.2. The van der Waals surface area contributed by atoms with Crippen molar-refractivity contribution in [2.75, 3.05) is 11.5 Å². The molecule has 0 saturated carbocycles. The van der Waals surface area contributed by atoms with Gasteiger partial charge in [-0.2, -0.15) is 0 Å². The minimum absolute atomic E-state index is 0.111. The minimum Gasteiger partial charge on any atom is -0.308 e. The minimum atomic E-state index is -2.81. The topological polar surface area (TPSA) is 59.1 Å². The molecule has 0 spiro atoms. The van der Waals surface area contributed by atoms with Crippen molar-refractivity contribution in [2.45, 2.75) is 32.4 Å². The van der Waals surface area contributed by atoms with Crippen LogP contribution in [0, 0.1) is 6.92 Å². The third kappa shape index (κ3) is 3.02. The van der Waals surface area contributed by atoms with Crippen LogP contribution >= 0.6 is 11.3 Å². The first-order valence-corrected chi connectivity index (χ1v) is 8.10. The van der Waals surface area contributed by atoms with Crippen molar-refractivity contribution >= 4 is 21.2 Å². The highest BCUT2D eigenvalue weighted by Crippen LogP contribution is 2.15. The molecule has 0 amide bonds. The molecule has 4 nitrogen and oxygen atoms in total. The van der Waals surface area contributed by atoms with Gasteiger partial charge in [-0.3, -0.25) is 0 Å². The fourth-order valence-electron chi connectivity index (χ4n) is 1.92.